The summed E-state index contributed by atoms with van der Waals surface area (Å²) < 4.78 is 10.6. The van der Waals surface area contributed by atoms with Crippen molar-refractivity contribution in [2.45, 2.75) is 57.4 Å². The molecule has 7 nitrogen and oxygen atoms in total. The van der Waals surface area contributed by atoms with E-state index in [0.717, 1.165) is 31.4 Å². The molecule has 2 aromatic heterocycles. The molecule has 4 rings (SSSR count). The van der Waals surface area contributed by atoms with Crippen molar-refractivity contribution < 1.29 is 13.8 Å². The Morgan fingerprint density at radius 2 is 2.09 bits per heavy atom. The summed E-state index contributed by atoms with van der Waals surface area (Å²) in [5.41, 5.74) is 0.791. The number of hydrogen-bond donors (Lipinski definition) is 0. The molecule has 1 saturated heterocycles. The molecule has 1 amide bonds. The van der Waals surface area contributed by atoms with Gasteiger partial charge in [-0.25, -0.2) is 0 Å². The summed E-state index contributed by atoms with van der Waals surface area (Å²) in [4.78, 5) is 19.0. The van der Waals surface area contributed by atoms with Gasteiger partial charge in [-0.05, 0) is 31.6 Å². The van der Waals surface area contributed by atoms with Crippen LogP contribution in [-0.4, -0.2) is 32.6 Å². The van der Waals surface area contributed by atoms with Crippen LogP contribution in [0, 0.1) is 0 Å². The highest BCUT2D eigenvalue weighted by Gasteiger charge is 2.37. The summed E-state index contributed by atoms with van der Waals surface area (Å²) in [6.45, 7) is 4.71. The zero-order chi connectivity index (χ0) is 16.0. The molecule has 0 bridgehead atoms. The Hall–Kier alpha value is -2.18. The van der Waals surface area contributed by atoms with Gasteiger partial charge in [-0.15, -0.1) is 0 Å². The largest absolute Gasteiger partial charge is 0.351 e. The predicted molar refractivity (Wildman–Crippen MR) is 79.9 cm³/mol. The van der Waals surface area contributed by atoms with E-state index in [0.29, 0.717) is 24.2 Å². The number of aromatic nitrogens is 3. The second kappa shape index (κ2) is 5.47. The molecular weight excluding hydrogens is 296 g/mol. The zero-order valence-corrected chi connectivity index (χ0v) is 13.4. The molecule has 0 radical (unpaired) electrons. The van der Waals surface area contributed by atoms with Gasteiger partial charge in [-0.2, -0.15) is 4.98 Å². The average Bonchev–Trinajstić information content (AvgIpc) is 3.02. The number of likely N-dealkylation sites (tertiary alicyclic amines) is 1. The molecular formula is C16H20N4O3. The fourth-order valence-corrected chi connectivity index (χ4v) is 2.96. The van der Waals surface area contributed by atoms with Gasteiger partial charge in [0.25, 0.3) is 5.91 Å². The van der Waals surface area contributed by atoms with Crippen LogP contribution >= 0.6 is 0 Å². The molecule has 7 heteroatoms. The number of nitrogens with zero attached hydrogens (tertiary/aromatic N) is 4. The average molecular weight is 316 g/mol. The van der Waals surface area contributed by atoms with Gasteiger partial charge in [-0.1, -0.05) is 24.2 Å². The molecule has 2 aliphatic rings. The topological polar surface area (TPSA) is 85.3 Å². The van der Waals surface area contributed by atoms with Gasteiger partial charge in [0, 0.05) is 18.5 Å². The maximum Gasteiger partial charge on any atom is 0.293 e. The highest BCUT2D eigenvalue weighted by Crippen LogP contribution is 2.40. The van der Waals surface area contributed by atoms with Gasteiger partial charge >= 0.3 is 0 Å². The molecule has 2 aromatic rings. The Balaban J connectivity index is 1.54. The summed E-state index contributed by atoms with van der Waals surface area (Å²) in [5.74, 6) is 2.11. The summed E-state index contributed by atoms with van der Waals surface area (Å²) >= 11 is 0. The van der Waals surface area contributed by atoms with Crippen molar-refractivity contribution in [3.05, 3.63) is 29.2 Å². The Morgan fingerprint density at radius 1 is 1.26 bits per heavy atom. The summed E-state index contributed by atoms with van der Waals surface area (Å²) in [6, 6.07) is 1.60. The summed E-state index contributed by atoms with van der Waals surface area (Å²) in [7, 11) is 0. The maximum absolute atomic E-state index is 12.7. The molecule has 0 aromatic carbocycles. The van der Waals surface area contributed by atoms with E-state index < -0.39 is 0 Å². The minimum atomic E-state index is -0.148. The van der Waals surface area contributed by atoms with Gasteiger partial charge in [0.1, 0.15) is 0 Å². The first-order valence-corrected chi connectivity index (χ1v) is 8.24. The van der Waals surface area contributed by atoms with Crippen LogP contribution in [0.1, 0.15) is 85.4 Å². The molecule has 1 aliphatic carbocycles. The highest BCUT2D eigenvalue weighted by molar-refractivity contribution is 5.92. The van der Waals surface area contributed by atoms with Crippen molar-refractivity contribution in [3.8, 4) is 0 Å². The second-order valence-electron chi connectivity index (χ2n) is 6.69. The molecule has 0 spiro atoms. The van der Waals surface area contributed by atoms with Crippen molar-refractivity contribution in [2.75, 3.05) is 6.54 Å². The normalized spacial score (nSPS) is 21.3. The zero-order valence-electron chi connectivity index (χ0n) is 13.4. The van der Waals surface area contributed by atoms with E-state index in [-0.39, 0.29) is 23.6 Å². The standard InChI is InChI=1S/C16H20N4O3/c1-9(2)11-8-13(22-18-11)16(21)20-7-3-4-12(20)14-17-15(23-19-14)10-5-6-10/h8-10,12H,3-7H2,1-2H3/t12-/m1/s1. The van der Waals surface area contributed by atoms with E-state index >= 15 is 0 Å². The molecule has 2 fully saturated rings. The third-order valence-electron chi connectivity index (χ3n) is 4.53. The van der Waals surface area contributed by atoms with E-state index in [1.807, 2.05) is 13.8 Å². The third-order valence-corrected chi connectivity index (χ3v) is 4.53. The first-order chi connectivity index (χ1) is 11.1. The number of hydrogen-bond acceptors (Lipinski definition) is 6. The molecule has 1 aliphatic heterocycles. The van der Waals surface area contributed by atoms with E-state index in [2.05, 4.69) is 15.3 Å². The first-order valence-electron chi connectivity index (χ1n) is 8.24. The molecule has 3 heterocycles. The summed E-state index contributed by atoms with van der Waals surface area (Å²) in [6.07, 6.45) is 4.01. The number of amides is 1. The smallest absolute Gasteiger partial charge is 0.293 e. The lowest BCUT2D eigenvalue weighted by Crippen LogP contribution is -2.30. The van der Waals surface area contributed by atoms with Crippen molar-refractivity contribution in [2.24, 2.45) is 0 Å². The highest BCUT2D eigenvalue weighted by atomic mass is 16.5. The second-order valence-corrected chi connectivity index (χ2v) is 6.69. The molecule has 1 saturated carbocycles. The number of carbonyl (C=O) groups excluding carboxylic acids is 1. The van der Waals surface area contributed by atoms with E-state index in [4.69, 9.17) is 9.05 Å². The Morgan fingerprint density at radius 3 is 2.78 bits per heavy atom. The fourth-order valence-electron chi connectivity index (χ4n) is 2.96. The minimum absolute atomic E-state index is 0.133. The lowest BCUT2D eigenvalue weighted by Gasteiger charge is -2.20. The van der Waals surface area contributed by atoms with Crippen molar-refractivity contribution in [1.82, 2.24) is 20.2 Å². The minimum Gasteiger partial charge on any atom is -0.351 e. The van der Waals surface area contributed by atoms with Gasteiger partial charge in [0.15, 0.2) is 5.82 Å². The van der Waals surface area contributed by atoms with Gasteiger partial charge in [0.05, 0.1) is 11.7 Å². The van der Waals surface area contributed by atoms with Gasteiger partial charge in [0.2, 0.25) is 11.7 Å². The first kappa shape index (κ1) is 14.4. The van der Waals surface area contributed by atoms with Crippen LogP contribution in [-0.2, 0) is 0 Å². The maximum atomic E-state index is 12.7. The lowest BCUT2D eigenvalue weighted by molar-refractivity contribution is 0.0686. The summed E-state index contributed by atoms with van der Waals surface area (Å²) in [5, 5.41) is 8.06. The van der Waals surface area contributed by atoms with Crippen LogP contribution in [0.3, 0.4) is 0 Å². The van der Waals surface area contributed by atoms with Crippen LogP contribution in [0.25, 0.3) is 0 Å². The van der Waals surface area contributed by atoms with Crippen LogP contribution in [0.15, 0.2) is 15.1 Å². The number of carbonyl (C=O) groups is 1. The third kappa shape index (κ3) is 2.64. The SMILES string of the molecule is CC(C)c1cc(C(=O)N2CCC[C@@H]2c2noc(C3CC3)n2)on1. The molecule has 0 unspecified atom stereocenters. The van der Waals surface area contributed by atoms with Crippen molar-refractivity contribution in [1.29, 1.82) is 0 Å². The lowest BCUT2D eigenvalue weighted by atomic mass is 10.1. The number of rotatable bonds is 4. The molecule has 122 valence electrons. The van der Waals surface area contributed by atoms with Crippen LogP contribution < -0.4 is 0 Å². The van der Waals surface area contributed by atoms with Crippen molar-refractivity contribution >= 4 is 5.91 Å². The van der Waals surface area contributed by atoms with Gasteiger partial charge < -0.3 is 13.9 Å². The van der Waals surface area contributed by atoms with Gasteiger partial charge in [-0.3, -0.25) is 4.79 Å². The molecule has 23 heavy (non-hydrogen) atoms. The predicted octanol–water partition coefficient (Wildman–Crippen LogP) is 3.04. The molecule has 1 atom stereocenters. The monoisotopic (exact) mass is 316 g/mol. The Labute approximate surface area is 134 Å². The van der Waals surface area contributed by atoms with E-state index in [1.54, 1.807) is 11.0 Å². The van der Waals surface area contributed by atoms with Crippen LogP contribution in [0.4, 0.5) is 0 Å². The van der Waals surface area contributed by atoms with E-state index in [1.165, 1.54) is 0 Å². The van der Waals surface area contributed by atoms with Crippen molar-refractivity contribution in [3.63, 3.8) is 0 Å². The molecule has 0 N–H and O–H groups in total. The quantitative estimate of drug-likeness (QED) is 0.862. The van der Waals surface area contributed by atoms with Crippen LogP contribution in [0.2, 0.25) is 0 Å². The van der Waals surface area contributed by atoms with E-state index in [9.17, 15) is 4.79 Å². The fraction of sp³-hybridized carbons (Fsp3) is 0.625. The Kier molecular flexibility index (Phi) is 3.43. The Bertz CT molecular complexity index is 716. The van der Waals surface area contributed by atoms with Crippen LogP contribution in [0.5, 0.6) is 0 Å².